The predicted octanol–water partition coefficient (Wildman–Crippen LogP) is 2.88. The van der Waals surface area contributed by atoms with E-state index >= 15 is 0 Å². The molecule has 1 aliphatic rings. The molecule has 1 heterocycles. The van der Waals surface area contributed by atoms with Crippen molar-refractivity contribution in [2.45, 2.75) is 12.3 Å². The summed E-state index contributed by atoms with van der Waals surface area (Å²) in [5.41, 5.74) is 2.91. The van der Waals surface area contributed by atoms with E-state index in [1.807, 2.05) is 6.07 Å². The molecule has 0 fully saturated rings. The van der Waals surface area contributed by atoms with E-state index in [4.69, 9.17) is 11.6 Å². The van der Waals surface area contributed by atoms with Crippen LogP contribution < -0.4 is 5.32 Å². The van der Waals surface area contributed by atoms with Crippen molar-refractivity contribution in [3.05, 3.63) is 52.7 Å². The minimum atomic E-state index is 0.421. The summed E-state index contributed by atoms with van der Waals surface area (Å²) >= 11 is 5.68. The van der Waals surface area contributed by atoms with Crippen molar-refractivity contribution in [2.24, 2.45) is 0 Å². The molecule has 1 unspecified atom stereocenters. The van der Waals surface area contributed by atoms with Crippen LogP contribution in [0.25, 0.3) is 0 Å². The van der Waals surface area contributed by atoms with Crippen molar-refractivity contribution in [3.8, 4) is 0 Å². The highest BCUT2D eigenvalue weighted by atomic mass is 35.5. The van der Waals surface area contributed by atoms with Gasteiger partial charge in [-0.3, -0.25) is 0 Å². The van der Waals surface area contributed by atoms with E-state index in [1.165, 1.54) is 11.1 Å². The molecular weight excluding hydrogens is 234 g/mol. The van der Waals surface area contributed by atoms with Crippen LogP contribution in [-0.2, 0) is 6.42 Å². The summed E-state index contributed by atoms with van der Waals surface area (Å²) in [6, 6.07) is 12.2. The molecule has 1 aromatic carbocycles. The van der Waals surface area contributed by atoms with Crippen LogP contribution in [0.3, 0.4) is 0 Å². The zero-order valence-corrected chi connectivity index (χ0v) is 9.98. The monoisotopic (exact) mass is 245 g/mol. The lowest BCUT2D eigenvalue weighted by Crippen LogP contribution is -2.24. The van der Waals surface area contributed by atoms with Gasteiger partial charge in [0.1, 0.15) is 5.82 Å². The van der Waals surface area contributed by atoms with E-state index < -0.39 is 0 Å². The predicted molar refractivity (Wildman–Crippen MR) is 68.4 cm³/mol. The fourth-order valence-electron chi connectivity index (χ4n) is 2.18. The second-order valence-corrected chi connectivity index (χ2v) is 4.61. The molecule has 1 atom stereocenters. The Bertz CT molecular complexity index is 524. The summed E-state index contributed by atoms with van der Waals surface area (Å²) < 4.78 is 0. The van der Waals surface area contributed by atoms with Crippen LogP contribution in [0.5, 0.6) is 0 Å². The van der Waals surface area contributed by atoms with Gasteiger partial charge in [-0.2, -0.15) is 0 Å². The molecular formula is C13H12ClN3. The number of anilines is 1. The van der Waals surface area contributed by atoms with E-state index in [0.717, 1.165) is 18.8 Å². The highest BCUT2D eigenvalue weighted by Gasteiger charge is 2.24. The average Bonchev–Trinajstić information content (AvgIpc) is 2.33. The summed E-state index contributed by atoms with van der Waals surface area (Å²) in [5.74, 6) is 1.36. The van der Waals surface area contributed by atoms with Crippen LogP contribution in [0.4, 0.5) is 5.82 Å². The third-order valence-corrected chi connectivity index (χ3v) is 3.32. The molecule has 3 nitrogen and oxygen atoms in total. The molecule has 0 saturated carbocycles. The van der Waals surface area contributed by atoms with Gasteiger partial charge in [0.25, 0.3) is 0 Å². The van der Waals surface area contributed by atoms with E-state index in [9.17, 15) is 0 Å². The number of rotatable bonds is 3. The van der Waals surface area contributed by atoms with Crippen LogP contribution in [0, 0.1) is 0 Å². The minimum Gasteiger partial charge on any atom is -0.368 e. The van der Waals surface area contributed by atoms with Gasteiger partial charge in [0, 0.05) is 12.5 Å². The van der Waals surface area contributed by atoms with Gasteiger partial charge < -0.3 is 5.32 Å². The zero-order chi connectivity index (χ0) is 11.7. The molecule has 17 heavy (non-hydrogen) atoms. The summed E-state index contributed by atoms with van der Waals surface area (Å²) in [4.78, 5) is 0. The highest BCUT2D eigenvalue weighted by molar-refractivity contribution is 6.29. The summed E-state index contributed by atoms with van der Waals surface area (Å²) in [6.45, 7) is 0.896. The van der Waals surface area contributed by atoms with E-state index in [2.05, 4.69) is 39.8 Å². The van der Waals surface area contributed by atoms with Crippen LogP contribution >= 0.6 is 11.6 Å². The third kappa shape index (κ3) is 2.11. The molecule has 2 aromatic rings. The van der Waals surface area contributed by atoms with Gasteiger partial charge in [0.05, 0.1) is 0 Å². The highest BCUT2D eigenvalue weighted by Crippen LogP contribution is 2.34. The first-order valence-electron chi connectivity index (χ1n) is 5.64. The molecule has 86 valence electrons. The summed E-state index contributed by atoms with van der Waals surface area (Å²) in [6.07, 6.45) is 1.14. The summed E-state index contributed by atoms with van der Waals surface area (Å²) in [5, 5.41) is 11.5. The maximum atomic E-state index is 5.68. The van der Waals surface area contributed by atoms with Crippen LogP contribution in [0.2, 0.25) is 5.15 Å². The third-order valence-electron chi connectivity index (χ3n) is 3.12. The van der Waals surface area contributed by atoms with Crippen molar-refractivity contribution in [2.75, 3.05) is 11.9 Å². The van der Waals surface area contributed by atoms with Gasteiger partial charge in [-0.25, -0.2) is 0 Å². The Morgan fingerprint density at radius 1 is 1.18 bits per heavy atom. The Morgan fingerprint density at radius 3 is 2.82 bits per heavy atom. The smallest absolute Gasteiger partial charge is 0.151 e. The molecule has 0 amide bonds. The lowest BCUT2D eigenvalue weighted by molar-refractivity contribution is 0.634. The van der Waals surface area contributed by atoms with Gasteiger partial charge in [0.15, 0.2) is 5.15 Å². The standard InChI is InChI=1S/C13H12ClN3/c14-12-5-6-13(17-16-12)15-8-10-7-9-3-1-2-4-11(9)10/h1-6,10H,7-8H2,(H,15,17). The number of hydrogen-bond donors (Lipinski definition) is 1. The molecule has 0 aliphatic heterocycles. The van der Waals surface area contributed by atoms with Crippen LogP contribution in [0.1, 0.15) is 17.0 Å². The molecule has 0 bridgehead atoms. The Balaban J connectivity index is 1.62. The zero-order valence-electron chi connectivity index (χ0n) is 9.23. The first-order valence-corrected chi connectivity index (χ1v) is 6.01. The second kappa shape index (κ2) is 4.34. The molecule has 0 saturated heterocycles. The van der Waals surface area contributed by atoms with E-state index in [0.29, 0.717) is 11.1 Å². The van der Waals surface area contributed by atoms with Gasteiger partial charge in [-0.05, 0) is 29.7 Å². The molecule has 1 aliphatic carbocycles. The van der Waals surface area contributed by atoms with Crippen molar-refractivity contribution < 1.29 is 0 Å². The number of nitrogens with zero attached hydrogens (tertiary/aromatic N) is 2. The van der Waals surface area contributed by atoms with Crippen molar-refractivity contribution >= 4 is 17.4 Å². The largest absolute Gasteiger partial charge is 0.368 e. The Kier molecular flexibility index (Phi) is 2.69. The fourth-order valence-corrected chi connectivity index (χ4v) is 2.28. The van der Waals surface area contributed by atoms with Crippen LogP contribution in [-0.4, -0.2) is 16.7 Å². The molecule has 0 spiro atoms. The number of fused-ring (bicyclic) bond motifs is 1. The van der Waals surface area contributed by atoms with Crippen LogP contribution in [0.15, 0.2) is 36.4 Å². The molecule has 3 rings (SSSR count). The first kappa shape index (κ1) is 10.5. The number of nitrogens with one attached hydrogen (secondary N) is 1. The summed E-state index contributed by atoms with van der Waals surface area (Å²) in [7, 11) is 0. The average molecular weight is 246 g/mol. The van der Waals surface area contributed by atoms with Crippen molar-refractivity contribution in [1.82, 2.24) is 10.2 Å². The van der Waals surface area contributed by atoms with E-state index in [-0.39, 0.29) is 0 Å². The quantitative estimate of drug-likeness (QED) is 0.904. The molecule has 4 heteroatoms. The topological polar surface area (TPSA) is 37.8 Å². The molecule has 1 aromatic heterocycles. The Hall–Kier alpha value is -1.61. The van der Waals surface area contributed by atoms with Gasteiger partial charge in [0.2, 0.25) is 0 Å². The molecule has 1 N–H and O–H groups in total. The normalized spacial score (nSPS) is 17.1. The lowest BCUT2D eigenvalue weighted by atomic mass is 9.78. The van der Waals surface area contributed by atoms with Gasteiger partial charge in [-0.15, -0.1) is 10.2 Å². The number of aromatic nitrogens is 2. The lowest BCUT2D eigenvalue weighted by Gasteiger charge is -2.30. The second-order valence-electron chi connectivity index (χ2n) is 4.22. The maximum absolute atomic E-state index is 5.68. The fraction of sp³-hybridized carbons (Fsp3) is 0.231. The Morgan fingerprint density at radius 2 is 2.06 bits per heavy atom. The molecule has 0 radical (unpaired) electrons. The van der Waals surface area contributed by atoms with Gasteiger partial charge in [-0.1, -0.05) is 35.9 Å². The maximum Gasteiger partial charge on any atom is 0.151 e. The number of benzene rings is 1. The number of hydrogen-bond acceptors (Lipinski definition) is 3. The SMILES string of the molecule is Clc1ccc(NCC2Cc3ccccc32)nn1. The Labute approximate surface area is 105 Å². The van der Waals surface area contributed by atoms with Crippen molar-refractivity contribution in [1.29, 1.82) is 0 Å². The van der Waals surface area contributed by atoms with Gasteiger partial charge >= 0.3 is 0 Å². The number of halogens is 1. The first-order chi connectivity index (χ1) is 8.33. The minimum absolute atomic E-state index is 0.421. The van der Waals surface area contributed by atoms with E-state index in [1.54, 1.807) is 6.07 Å². The van der Waals surface area contributed by atoms with Crippen molar-refractivity contribution in [3.63, 3.8) is 0 Å².